The zero-order valence-corrected chi connectivity index (χ0v) is 15.0. The average Bonchev–Trinajstić information content (AvgIpc) is 2.61. The molecule has 8 heteroatoms. The normalized spacial score (nSPS) is 12.4. The van der Waals surface area contributed by atoms with Crippen LogP contribution in [0.5, 0.6) is 0 Å². The lowest BCUT2D eigenvalue weighted by atomic mass is 10.1. The van der Waals surface area contributed by atoms with Crippen LogP contribution in [0.4, 0.5) is 4.39 Å². The van der Waals surface area contributed by atoms with Crippen molar-refractivity contribution in [3.05, 3.63) is 65.5 Å². The van der Waals surface area contributed by atoms with Gasteiger partial charge in [0.05, 0.1) is 10.5 Å². The first-order valence-electron chi connectivity index (χ1n) is 7.85. The van der Waals surface area contributed by atoms with Crippen LogP contribution in [0.25, 0.3) is 0 Å². The van der Waals surface area contributed by atoms with Crippen molar-refractivity contribution in [2.75, 3.05) is 6.54 Å². The summed E-state index contributed by atoms with van der Waals surface area (Å²) < 4.78 is 44.1. The van der Waals surface area contributed by atoms with Gasteiger partial charge in [-0.3, -0.25) is 4.79 Å². The number of hydrogen-bond donors (Lipinski definition) is 1. The number of ketones is 1. The molecule has 0 radical (unpaired) electrons. The Hall–Kier alpha value is -2.58. The molecule has 0 saturated carbocycles. The first-order chi connectivity index (χ1) is 12.2. The van der Waals surface area contributed by atoms with Crippen LogP contribution in [0.15, 0.2) is 53.4 Å². The maximum absolute atomic E-state index is 12.9. The van der Waals surface area contributed by atoms with Crippen molar-refractivity contribution in [3.63, 3.8) is 0 Å². The fourth-order valence-electron chi connectivity index (χ4n) is 2.17. The molecule has 6 nitrogen and oxygen atoms in total. The highest BCUT2D eigenvalue weighted by molar-refractivity contribution is 7.89. The van der Waals surface area contributed by atoms with Gasteiger partial charge in [-0.05, 0) is 55.5 Å². The molecular weight excluding hydrogens is 361 g/mol. The van der Waals surface area contributed by atoms with Crippen molar-refractivity contribution < 1.29 is 27.1 Å². The highest BCUT2D eigenvalue weighted by atomic mass is 32.2. The maximum Gasteiger partial charge on any atom is 0.338 e. The summed E-state index contributed by atoms with van der Waals surface area (Å²) in [5, 5.41) is 0. The van der Waals surface area contributed by atoms with Crippen LogP contribution in [0.1, 0.15) is 34.6 Å². The van der Waals surface area contributed by atoms with Crippen LogP contribution in [-0.4, -0.2) is 32.8 Å². The first-order valence-corrected chi connectivity index (χ1v) is 9.33. The SMILES string of the molecule is CCNS(=O)(=O)c1ccc(C(=O)O[C@H](C)C(=O)c2ccc(F)cc2)cc1. The van der Waals surface area contributed by atoms with E-state index in [1.165, 1.54) is 43.3 Å². The number of rotatable bonds is 7. The van der Waals surface area contributed by atoms with Crippen molar-refractivity contribution >= 4 is 21.8 Å². The molecule has 0 aromatic heterocycles. The lowest BCUT2D eigenvalue weighted by Crippen LogP contribution is -2.25. The van der Waals surface area contributed by atoms with Crippen molar-refractivity contribution in [2.45, 2.75) is 24.8 Å². The second kappa shape index (κ2) is 8.20. The van der Waals surface area contributed by atoms with E-state index in [1.807, 2.05) is 0 Å². The molecule has 26 heavy (non-hydrogen) atoms. The number of esters is 1. The maximum atomic E-state index is 12.9. The predicted octanol–water partition coefficient (Wildman–Crippen LogP) is 2.55. The molecule has 0 fully saturated rings. The van der Waals surface area contributed by atoms with E-state index in [0.29, 0.717) is 0 Å². The standard InChI is InChI=1S/C18H18FNO5S/c1-3-20-26(23,24)16-10-6-14(7-11-16)18(22)25-12(2)17(21)13-4-8-15(19)9-5-13/h4-12,20H,3H2,1-2H3/t12-/m1/s1. The summed E-state index contributed by atoms with van der Waals surface area (Å²) in [4.78, 5) is 24.3. The second-order valence-electron chi connectivity index (χ2n) is 5.44. The average molecular weight is 379 g/mol. The van der Waals surface area contributed by atoms with E-state index in [1.54, 1.807) is 6.92 Å². The predicted molar refractivity (Wildman–Crippen MR) is 92.9 cm³/mol. The van der Waals surface area contributed by atoms with Crippen molar-refractivity contribution in [1.29, 1.82) is 0 Å². The van der Waals surface area contributed by atoms with E-state index >= 15 is 0 Å². The third kappa shape index (κ3) is 4.74. The number of Topliss-reactive ketones (excluding diaryl/α,β-unsaturated/α-hetero) is 1. The van der Waals surface area contributed by atoms with E-state index in [0.717, 1.165) is 12.1 Å². The Morgan fingerprint density at radius 1 is 1.04 bits per heavy atom. The largest absolute Gasteiger partial charge is 0.451 e. The smallest absolute Gasteiger partial charge is 0.338 e. The molecule has 138 valence electrons. The lowest BCUT2D eigenvalue weighted by Gasteiger charge is -2.12. The molecule has 1 atom stereocenters. The topological polar surface area (TPSA) is 89.5 Å². The number of nitrogens with one attached hydrogen (secondary N) is 1. The Balaban J connectivity index is 2.07. The molecule has 0 aliphatic rings. The van der Waals surface area contributed by atoms with Gasteiger partial charge in [0.2, 0.25) is 15.8 Å². The molecular formula is C18H18FNO5S. The minimum absolute atomic E-state index is 0.0198. The molecule has 0 aliphatic carbocycles. The van der Waals surface area contributed by atoms with Crippen LogP contribution >= 0.6 is 0 Å². The number of benzene rings is 2. The Labute approximate surface area is 151 Å². The summed E-state index contributed by atoms with van der Waals surface area (Å²) in [7, 11) is -3.62. The summed E-state index contributed by atoms with van der Waals surface area (Å²) in [5.74, 6) is -1.70. The van der Waals surface area contributed by atoms with Crippen molar-refractivity contribution in [3.8, 4) is 0 Å². The highest BCUT2D eigenvalue weighted by Crippen LogP contribution is 2.14. The number of carbonyl (C=O) groups excluding carboxylic acids is 2. The summed E-state index contributed by atoms with van der Waals surface area (Å²) in [6.45, 7) is 3.31. The van der Waals surface area contributed by atoms with Gasteiger partial charge < -0.3 is 4.74 Å². The summed E-state index contributed by atoms with van der Waals surface area (Å²) in [6, 6.07) is 10.1. The molecule has 0 aliphatic heterocycles. The Morgan fingerprint density at radius 3 is 2.12 bits per heavy atom. The van der Waals surface area contributed by atoms with Gasteiger partial charge in [0, 0.05) is 12.1 Å². The fraction of sp³-hybridized carbons (Fsp3) is 0.222. The number of hydrogen-bond acceptors (Lipinski definition) is 5. The van der Waals surface area contributed by atoms with Crippen LogP contribution in [-0.2, 0) is 14.8 Å². The van der Waals surface area contributed by atoms with E-state index in [2.05, 4.69) is 4.72 Å². The van der Waals surface area contributed by atoms with E-state index < -0.39 is 33.7 Å². The first kappa shape index (κ1) is 19.7. The van der Waals surface area contributed by atoms with Crippen LogP contribution in [0.3, 0.4) is 0 Å². The van der Waals surface area contributed by atoms with Gasteiger partial charge in [-0.15, -0.1) is 0 Å². The Bertz CT molecular complexity index is 892. The van der Waals surface area contributed by atoms with Crippen molar-refractivity contribution in [2.24, 2.45) is 0 Å². The number of sulfonamides is 1. The zero-order chi connectivity index (χ0) is 19.3. The monoisotopic (exact) mass is 379 g/mol. The number of carbonyl (C=O) groups is 2. The minimum Gasteiger partial charge on any atom is -0.451 e. The van der Waals surface area contributed by atoms with Crippen molar-refractivity contribution in [1.82, 2.24) is 4.72 Å². The van der Waals surface area contributed by atoms with Gasteiger partial charge in [-0.1, -0.05) is 6.92 Å². The fourth-order valence-corrected chi connectivity index (χ4v) is 3.22. The summed E-state index contributed by atoms with van der Waals surface area (Å²) in [5.41, 5.74) is 0.331. The van der Waals surface area contributed by atoms with Gasteiger partial charge in [0.1, 0.15) is 5.82 Å². The van der Waals surface area contributed by atoms with Crippen LogP contribution < -0.4 is 4.72 Å². The zero-order valence-electron chi connectivity index (χ0n) is 14.2. The van der Waals surface area contributed by atoms with Gasteiger partial charge in [0.15, 0.2) is 6.10 Å². The molecule has 2 aromatic rings. The van der Waals surface area contributed by atoms with Gasteiger partial charge in [-0.25, -0.2) is 22.3 Å². The molecule has 1 N–H and O–H groups in total. The Morgan fingerprint density at radius 2 is 1.58 bits per heavy atom. The van der Waals surface area contributed by atoms with Gasteiger partial charge in [0.25, 0.3) is 0 Å². The van der Waals surface area contributed by atoms with Crippen LogP contribution in [0, 0.1) is 5.82 Å². The third-order valence-electron chi connectivity index (χ3n) is 3.52. The number of ether oxygens (including phenoxy) is 1. The van der Waals surface area contributed by atoms with E-state index in [4.69, 9.17) is 4.74 Å². The van der Waals surface area contributed by atoms with Gasteiger partial charge in [-0.2, -0.15) is 0 Å². The highest BCUT2D eigenvalue weighted by Gasteiger charge is 2.21. The van der Waals surface area contributed by atoms with E-state index in [9.17, 15) is 22.4 Å². The summed E-state index contributed by atoms with van der Waals surface area (Å²) >= 11 is 0. The lowest BCUT2D eigenvalue weighted by molar-refractivity contribution is 0.0318. The minimum atomic E-state index is -3.62. The molecule has 0 unspecified atom stereocenters. The summed E-state index contributed by atoms with van der Waals surface area (Å²) in [6.07, 6.45) is -1.07. The quantitative estimate of drug-likeness (QED) is 0.590. The second-order valence-corrected chi connectivity index (χ2v) is 7.21. The van der Waals surface area contributed by atoms with Gasteiger partial charge >= 0.3 is 5.97 Å². The number of halogens is 1. The molecule has 0 bridgehead atoms. The van der Waals surface area contributed by atoms with E-state index in [-0.39, 0.29) is 22.6 Å². The Kier molecular flexibility index (Phi) is 6.23. The third-order valence-corrected chi connectivity index (χ3v) is 5.08. The molecule has 0 amide bonds. The molecule has 2 rings (SSSR count). The van der Waals surface area contributed by atoms with Crippen LogP contribution in [0.2, 0.25) is 0 Å². The molecule has 2 aromatic carbocycles. The molecule has 0 heterocycles. The molecule has 0 saturated heterocycles. The molecule has 0 spiro atoms.